The molecule has 0 bridgehead atoms. The third kappa shape index (κ3) is 5.68. The van der Waals surface area contributed by atoms with Crippen LogP contribution < -0.4 is 10.5 Å². The minimum Gasteiger partial charge on any atom is -0.399 e. The van der Waals surface area contributed by atoms with Crippen LogP contribution in [0.4, 0.5) is 18.9 Å². The Morgan fingerprint density at radius 3 is 2.50 bits per heavy atom. The van der Waals surface area contributed by atoms with Crippen LogP contribution in [-0.2, 0) is 10.0 Å². The van der Waals surface area contributed by atoms with Gasteiger partial charge in [0.2, 0.25) is 10.0 Å². The number of sulfonamides is 1. The van der Waals surface area contributed by atoms with Gasteiger partial charge < -0.3 is 5.73 Å². The Morgan fingerprint density at radius 2 is 1.90 bits per heavy atom. The minimum absolute atomic E-state index is 0.0340. The van der Waals surface area contributed by atoms with Gasteiger partial charge in [0.25, 0.3) is 0 Å². The second-order valence-corrected chi connectivity index (χ2v) is 6.75. The Balaban J connectivity index is 2.56. The fourth-order valence-electron chi connectivity index (χ4n) is 1.46. The van der Waals surface area contributed by atoms with Crippen molar-refractivity contribution in [3.05, 3.63) is 22.7 Å². The average molecular weight is 375 g/mol. The number of nitrogens with one attached hydrogen (secondary N) is 1. The second-order valence-electron chi connectivity index (χ2n) is 4.16. The van der Waals surface area contributed by atoms with Crippen LogP contribution >= 0.6 is 15.9 Å². The molecule has 0 heterocycles. The molecule has 9 heteroatoms. The normalized spacial score (nSPS) is 12.6. The summed E-state index contributed by atoms with van der Waals surface area (Å²) >= 11 is 3.09. The van der Waals surface area contributed by atoms with E-state index >= 15 is 0 Å². The van der Waals surface area contributed by atoms with Gasteiger partial charge in [-0.1, -0.05) is 0 Å². The molecule has 0 fully saturated rings. The van der Waals surface area contributed by atoms with Gasteiger partial charge >= 0.3 is 6.18 Å². The number of rotatable bonds is 6. The van der Waals surface area contributed by atoms with Gasteiger partial charge in [-0.15, -0.1) is 0 Å². The summed E-state index contributed by atoms with van der Waals surface area (Å²) in [5.41, 5.74) is 5.79. The average Bonchev–Trinajstić information content (AvgIpc) is 2.30. The molecule has 0 aliphatic carbocycles. The molecule has 1 rings (SSSR count). The van der Waals surface area contributed by atoms with E-state index in [0.29, 0.717) is 4.47 Å². The van der Waals surface area contributed by atoms with Gasteiger partial charge in [0, 0.05) is 23.1 Å². The van der Waals surface area contributed by atoms with E-state index in [9.17, 15) is 21.6 Å². The van der Waals surface area contributed by atoms with Crippen molar-refractivity contribution in [1.29, 1.82) is 0 Å². The van der Waals surface area contributed by atoms with Crippen molar-refractivity contribution >= 4 is 31.6 Å². The van der Waals surface area contributed by atoms with Crippen LogP contribution in [-0.4, -0.2) is 21.1 Å². The Labute approximate surface area is 123 Å². The van der Waals surface area contributed by atoms with Crippen molar-refractivity contribution in [2.45, 2.75) is 30.3 Å². The number of hydrogen-bond acceptors (Lipinski definition) is 3. The van der Waals surface area contributed by atoms with Gasteiger partial charge in [-0.05, 0) is 47.0 Å². The summed E-state index contributed by atoms with van der Waals surface area (Å²) in [5, 5.41) is 0. The van der Waals surface area contributed by atoms with Crippen molar-refractivity contribution < 1.29 is 21.6 Å². The van der Waals surface area contributed by atoms with Gasteiger partial charge in [0.1, 0.15) is 0 Å². The summed E-state index contributed by atoms with van der Waals surface area (Å²) in [4.78, 5) is -0.0340. The van der Waals surface area contributed by atoms with E-state index in [1.807, 2.05) is 0 Å². The zero-order valence-corrected chi connectivity index (χ0v) is 12.8. The van der Waals surface area contributed by atoms with E-state index < -0.39 is 22.6 Å². The second kappa shape index (κ2) is 6.77. The zero-order valence-electron chi connectivity index (χ0n) is 10.4. The highest BCUT2D eigenvalue weighted by atomic mass is 79.9. The molecule has 114 valence electrons. The van der Waals surface area contributed by atoms with Crippen molar-refractivity contribution in [2.75, 3.05) is 12.3 Å². The first-order valence-corrected chi connectivity index (χ1v) is 8.01. The molecule has 1 aromatic rings. The maximum Gasteiger partial charge on any atom is 0.389 e. The van der Waals surface area contributed by atoms with E-state index in [2.05, 4.69) is 20.7 Å². The quantitative estimate of drug-likeness (QED) is 0.593. The van der Waals surface area contributed by atoms with Crippen LogP contribution in [0.5, 0.6) is 0 Å². The molecule has 0 radical (unpaired) electrons. The van der Waals surface area contributed by atoms with Gasteiger partial charge in [0.15, 0.2) is 0 Å². The molecule has 3 N–H and O–H groups in total. The van der Waals surface area contributed by atoms with E-state index in [1.54, 1.807) is 0 Å². The molecule has 0 saturated carbocycles. The molecule has 0 aliphatic rings. The van der Waals surface area contributed by atoms with E-state index in [0.717, 1.165) is 0 Å². The fraction of sp³-hybridized carbons (Fsp3) is 0.455. The summed E-state index contributed by atoms with van der Waals surface area (Å²) in [6.45, 7) is -0.0559. The summed E-state index contributed by atoms with van der Waals surface area (Å²) in [7, 11) is -3.79. The van der Waals surface area contributed by atoms with Crippen LogP contribution in [0.15, 0.2) is 27.6 Å². The molecule has 0 spiro atoms. The van der Waals surface area contributed by atoms with E-state index in [-0.39, 0.29) is 30.0 Å². The number of hydrogen-bond donors (Lipinski definition) is 2. The minimum atomic E-state index is -4.21. The topological polar surface area (TPSA) is 72.2 Å². The molecular formula is C11H14BrF3N2O2S. The lowest BCUT2D eigenvalue weighted by Crippen LogP contribution is -2.25. The third-order valence-corrected chi connectivity index (χ3v) is 4.88. The highest BCUT2D eigenvalue weighted by Gasteiger charge is 2.26. The smallest absolute Gasteiger partial charge is 0.389 e. The highest BCUT2D eigenvalue weighted by Crippen LogP contribution is 2.24. The van der Waals surface area contributed by atoms with Crippen LogP contribution in [0.3, 0.4) is 0 Å². The van der Waals surface area contributed by atoms with Crippen LogP contribution in [0.1, 0.15) is 19.3 Å². The van der Waals surface area contributed by atoms with E-state index in [1.165, 1.54) is 18.2 Å². The number of nitrogen functional groups attached to an aromatic ring is 1. The van der Waals surface area contributed by atoms with Crippen molar-refractivity contribution in [2.24, 2.45) is 0 Å². The van der Waals surface area contributed by atoms with Gasteiger partial charge in [-0.25, -0.2) is 13.1 Å². The molecule has 0 aliphatic heterocycles. The molecule has 0 amide bonds. The lowest BCUT2D eigenvalue weighted by molar-refractivity contribution is -0.135. The van der Waals surface area contributed by atoms with Gasteiger partial charge in [-0.2, -0.15) is 13.2 Å². The molecular weight excluding hydrogens is 361 g/mol. The number of benzene rings is 1. The number of unbranched alkanes of at least 4 members (excludes halogenated alkanes) is 1. The van der Waals surface area contributed by atoms with Crippen LogP contribution in [0.2, 0.25) is 0 Å². The van der Waals surface area contributed by atoms with Gasteiger partial charge in [0.05, 0.1) is 4.90 Å². The lowest BCUT2D eigenvalue weighted by atomic mass is 10.2. The Kier molecular flexibility index (Phi) is 5.84. The molecule has 1 aromatic carbocycles. The van der Waals surface area contributed by atoms with E-state index in [4.69, 9.17) is 5.73 Å². The number of anilines is 1. The summed E-state index contributed by atoms with van der Waals surface area (Å²) in [6, 6.07) is 4.31. The molecule has 0 unspecified atom stereocenters. The largest absolute Gasteiger partial charge is 0.399 e. The first-order chi connectivity index (χ1) is 9.12. The van der Waals surface area contributed by atoms with Crippen molar-refractivity contribution in [3.63, 3.8) is 0 Å². The maximum atomic E-state index is 11.9. The first kappa shape index (κ1) is 17.3. The molecule has 0 aromatic heterocycles. The van der Waals surface area contributed by atoms with Crippen molar-refractivity contribution in [3.8, 4) is 0 Å². The number of alkyl halides is 3. The fourth-order valence-corrected chi connectivity index (χ4v) is 3.53. The zero-order chi connectivity index (χ0) is 15.4. The standard InChI is InChI=1S/C11H14BrF3N2O2S/c12-9-4-3-8(16)7-10(9)20(18,19)17-6-2-1-5-11(13,14)15/h3-4,7,17H,1-2,5-6,16H2. The number of nitrogens with two attached hydrogens (primary N) is 1. The van der Waals surface area contributed by atoms with Crippen LogP contribution in [0, 0.1) is 0 Å². The predicted molar refractivity (Wildman–Crippen MR) is 73.6 cm³/mol. The Hall–Kier alpha value is -0.800. The van der Waals surface area contributed by atoms with Crippen molar-refractivity contribution in [1.82, 2.24) is 4.72 Å². The monoisotopic (exact) mass is 374 g/mol. The SMILES string of the molecule is Nc1ccc(Br)c(S(=O)(=O)NCCCCC(F)(F)F)c1. The predicted octanol–water partition coefficient (Wildman–Crippen LogP) is 3.04. The highest BCUT2D eigenvalue weighted by molar-refractivity contribution is 9.10. The summed E-state index contributed by atoms with van der Waals surface area (Å²) in [5.74, 6) is 0. The first-order valence-electron chi connectivity index (χ1n) is 5.73. The van der Waals surface area contributed by atoms with Crippen LogP contribution in [0.25, 0.3) is 0 Å². The summed E-state index contributed by atoms with van der Waals surface area (Å²) < 4.78 is 62.2. The lowest BCUT2D eigenvalue weighted by Gasteiger charge is -2.10. The molecule has 0 atom stereocenters. The Morgan fingerprint density at radius 1 is 1.25 bits per heavy atom. The molecule has 0 saturated heterocycles. The Bertz CT molecular complexity index is 561. The van der Waals surface area contributed by atoms with Gasteiger partial charge in [-0.3, -0.25) is 0 Å². The maximum absolute atomic E-state index is 11.9. The number of halogens is 4. The molecule has 4 nitrogen and oxygen atoms in total. The third-order valence-electron chi connectivity index (χ3n) is 2.42. The summed E-state index contributed by atoms with van der Waals surface area (Å²) in [6.07, 6.45) is -5.14. The molecule has 20 heavy (non-hydrogen) atoms.